The third-order valence-corrected chi connectivity index (χ3v) is 10.8. The number of nitrogens with zero attached hydrogens (tertiary/aromatic N) is 3. The van der Waals surface area contributed by atoms with Crippen LogP contribution in [0.3, 0.4) is 0 Å². The number of rotatable bonds is 4. The van der Waals surface area contributed by atoms with Gasteiger partial charge >= 0.3 is 0 Å². The Morgan fingerprint density at radius 2 is 0.943 bits per heavy atom. The lowest BCUT2D eigenvalue weighted by Gasteiger charge is -2.25. The maximum atomic E-state index is 5.30. The lowest BCUT2D eigenvalue weighted by molar-refractivity contribution is 0.680. The van der Waals surface area contributed by atoms with Gasteiger partial charge in [0, 0.05) is 33.2 Å². The highest BCUT2D eigenvalue weighted by molar-refractivity contribution is 6.28. The van der Waals surface area contributed by atoms with Gasteiger partial charge in [0.05, 0.1) is 11.0 Å². The summed E-state index contributed by atoms with van der Waals surface area (Å²) in [7, 11) is 0. The van der Waals surface area contributed by atoms with Gasteiger partial charge in [0.15, 0.2) is 5.84 Å². The zero-order valence-corrected chi connectivity index (χ0v) is 28.7. The van der Waals surface area contributed by atoms with E-state index in [0.717, 1.165) is 33.6 Å². The molecule has 9 aromatic carbocycles. The normalized spacial score (nSPS) is 14.6. The summed E-state index contributed by atoms with van der Waals surface area (Å²) in [6.45, 7) is 0. The first kappa shape index (κ1) is 29.7. The second-order valence-electron chi connectivity index (χ2n) is 13.8. The Bertz CT molecular complexity index is 3040. The largest absolute Gasteiger partial charge is 0.344 e. The van der Waals surface area contributed by atoms with Crippen LogP contribution in [-0.2, 0) is 0 Å². The third-order valence-electron chi connectivity index (χ3n) is 10.8. The van der Waals surface area contributed by atoms with Gasteiger partial charge in [0.2, 0.25) is 0 Å². The molecule has 53 heavy (non-hydrogen) atoms. The Morgan fingerprint density at radius 1 is 0.434 bits per heavy atom. The maximum Gasteiger partial charge on any atom is 0.159 e. The van der Waals surface area contributed by atoms with Crippen molar-refractivity contribution in [2.24, 2.45) is 9.98 Å². The number of hydrogen-bond acceptors (Lipinski definition) is 3. The molecule has 4 nitrogen and oxygen atoms in total. The molecule has 0 spiro atoms. The zero-order valence-electron chi connectivity index (χ0n) is 28.7. The summed E-state index contributed by atoms with van der Waals surface area (Å²) in [5, 5.41) is 16.0. The number of nitrogens with one attached hydrogen (secondary N) is 1. The van der Waals surface area contributed by atoms with Crippen molar-refractivity contribution in [1.29, 1.82) is 0 Å². The second-order valence-corrected chi connectivity index (χ2v) is 13.8. The number of aromatic nitrogens is 1. The van der Waals surface area contributed by atoms with Crippen LogP contribution in [0.4, 0.5) is 0 Å². The fourth-order valence-electron chi connectivity index (χ4n) is 8.38. The summed E-state index contributed by atoms with van der Waals surface area (Å²) in [5.74, 6) is 1.52. The van der Waals surface area contributed by atoms with Gasteiger partial charge in [0.25, 0.3) is 0 Å². The number of aliphatic imine (C=N–C) groups is 2. The Balaban J connectivity index is 1.09. The smallest absolute Gasteiger partial charge is 0.159 e. The molecule has 0 bridgehead atoms. The minimum atomic E-state index is -0.318. The van der Waals surface area contributed by atoms with Crippen molar-refractivity contribution in [3.63, 3.8) is 0 Å². The second kappa shape index (κ2) is 11.8. The molecule has 0 saturated heterocycles. The molecule has 248 valence electrons. The van der Waals surface area contributed by atoms with Crippen LogP contribution in [-0.4, -0.2) is 16.2 Å². The Morgan fingerprint density at radius 3 is 1.58 bits per heavy atom. The summed E-state index contributed by atoms with van der Waals surface area (Å²) >= 11 is 0. The molecule has 1 aliphatic rings. The third kappa shape index (κ3) is 4.69. The first-order valence-corrected chi connectivity index (χ1v) is 18.1. The van der Waals surface area contributed by atoms with Crippen molar-refractivity contribution < 1.29 is 0 Å². The summed E-state index contributed by atoms with van der Waals surface area (Å²) in [6.07, 6.45) is -0.318. The van der Waals surface area contributed by atoms with Gasteiger partial charge in [-0.3, -0.25) is 0 Å². The lowest BCUT2D eigenvalue weighted by atomic mass is 10.00. The highest BCUT2D eigenvalue weighted by Gasteiger charge is 2.24. The molecule has 1 unspecified atom stereocenters. The Kier molecular flexibility index (Phi) is 6.58. The van der Waals surface area contributed by atoms with E-state index in [1.54, 1.807) is 0 Å². The van der Waals surface area contributed by atoms with Gasteiger partial charge in [-0.1, -0.05) is 146 Å². The quantitative estimate of drug-likeness (QED) is 0.198. The first-order chi connectivity index (χ1) is 26.3. The molecule has 0 radical (unpaired) electrons. The number of benzene rings is 9. The number of amidine groups is 2. The van der Waals surface area contributed by atoms with Gasteiger partial charge < -0.3 is 9.88 Å². The molecular weight excluding hydrogens is 645 g/mol. The monoisotopic (exact) mass is 676 g/mol. The first-order valence-electron chi connectivity index (χ1n) is 18.1. The summed E-state index contributed by atoms with van der Waals surface area (Å²) < 4.78 is 2.40. The highest BCUT2D eigenvalue weighted by atomic mass is 15.2. The minimum absolute atomic E-state index is 0.318. The van der Waals surface area contributed by atoms with E-state index in [1.807, 2.05) is 0 Å². The SMILES string of the molecule is c1ccc2c(C3=NC(c4ccc(-n5c6ccc7ccccc7c6c6c7ccccc7ccc65)cc4)=NC(c4cccc5ccccc45)N3)cccc2c1. The van der Waals surface area contributed by atoms with Crippen LogP contribution < -0.4 is 5.32 Å². The fraction of sp³-hybridized carbons (Fsp3) is 0.0204. The van der Waals surface area contributed by atoms with Crippen molar-refractivity contribution in [2.75, 3.05) is 0 Å². The number of hydrogen-bond donors (Lipinski definition) is 1. The van der Waals surface area contributed by atoms with Crippen molar-refractivity contribution >= 4 is 76.6 Å². The van der Waals surface area contributed by atoms with Crippen LogP contribution in [0.5, 0.6) is 0 Å². The molecule has 11 rings (SSSR count). The average Bonchev–Trinajstić information content (AvgIpc) is 3.58. The zero-order chi connectivity index (χ0) is 34.9. The van der Waals surface area contributed by atoms with Gasteiger partial charge in [-0.15, -0.1) is 0 Å². The van der Waals surface area contributed by atoms with Crippen molar-refractivity contribution in [1.82, 2.24) is 9.88 Å². The van der Waals surface area contributed by atoms with Crippen molar-refractivity contribution in [2.45, 2.75) is 6.17 Å². The summed E-state index contributed by atoms with van der Waals surface area (Å²) in [4.78, 5) is 10.5. The van der Waals surface area contributed by atoms with E-state index < -0.39 is 0 Å². The van der Waals surface area contributed by atoms with Crippen molar-refractivity contribution in [3.05, 3.63) is 199 Å². The molecule has 2 heterocycles. The molecule has 0 fully saturated rings. The standard InChI is InChI=1S/C49H32N4/c1-5-17-37-31(11-1)15-9-21-41(37)48-50-47(51-49(52-48)42-22-10-16-32-12-2-6-18-38(32)42)35-23-27-36(28-24-35)53-43-29-25-33-13-3-7-19-39(33)45(43)46-40-20-8-4-14-34(40)26-30-44(46)53/h1-30,48H,(H,50,51,52). The molecule has 1 N–H and O–H groups in total. The topological polar surface area (TPSA) is 41.7 Å². The molecule has 4 heteroatoms. The van der Waals surface area contributed by atoms with Crippen LogP contribution in [0.25, 0.3) is 70.6 Å². The predicted octanol–water partition coefficient (Wildman–Crippen LogP) is 11.9. The van der Waals surface area contributed by atoms with Crippen LogP contribution in [0, 0.1) is 0 Å². The Labute approximate surface area is 306 Å². The molecule has 1 aromatic heterocycles. The lowest BCUT2D eigenvalue weighted by Crippen LogP contribution is -2.33. The van der Waals surface area contributed by atoms with E-state index in [-0.39, 0.29) is 6.17 Å². The molecule has 0 amide bonds. The van der Waals surface area contributed by atoms with Gasteiger partial charge in [-0.2, -0.15) is 0 Å². The molecule has 1 aliphatic heterocycles. The Hall–Kier alpha value is -7.04. The van der Waals surface area contributed by atoms with Gasteiger partial charge in [-0.25, -0.2) is 9.98 Å². The molecule has 1 atom stereocenters. The maximum absolute atomic E-state index is 5.30. The van der Waals surface area contributed by atoms with E-state index >= 15 is 0 Å². The fourth-order valence-corrected chi connectivity index (χ4v) is 8.38. The van der Waals surface area contributed by atoms with Crippen LogP contribution in [0.2, 0.25) is 0 Å². The summed E-state index contributed by atoms with van der Waals surface area (Å²) in [6, 6.07) is 65.1. The van der Waals surface area contributed by atoms with E-state index in [1.165, 1.54) is 59.5 Å². The van der Waals surface area contributed by atoms with Crippen molar-refractivity contribution in [3.8, 4) is 5.69 Å². The van der Waals surface area contributed by atoms with E-state index in [2.05, 4.69) is 192 Å². The number of fused-ring (bicyclic) bond motifs is 9. The van der Waals surface area contributed by atoms with E-state index in [4.69, 9.17) is 9.98 Å². The van der Waals surface area contributed by atoms with Gasteiger partial charge in [0.1, 0.15) is 12.0 Å². The molecule has 10 aromatic rings. The minimum Gasteiger partial charge on any atom is -0.344 e. The molecule has 0 saturated carbocycles. The average molecular weight is 677 g/mol. The molecular formula is C49H32N4. The molecule has 0 aliphatic carbocycles. The highest BCUT2D eigenvalue weighted by Crippen LogP contribution is 2.40. The summed E-state index contributed by atoms with van der Waals surface area (Å²) in [5.41, 5.74) is 6.62. The van der Waals surface area contributed by atoms with E-state index in [9.17, 15) is 0 Å². The van der Waals surface area contributed by atoms with Crippen LogP contribution >= 0.6 is 0 Å². The predicted molar refractivity (Wildman–Crippen MR) is 223 cm³/mol. The van der Waals surface area contributed by atoms with Gasteiger partial charge in [-0.05, 0) is 79.5 Å². The van der Waals surface area contributed by atoms with E-state index in [0.29, 0.717) is 5.84 Å². The van der Waals surface area contributed by atoms with Crippen LogP contribution in [0.15, 0.2) is 192 Å². The van der Waals surface area contributed by atoms with Crippen LogP contribution in [0.1, 0.15) is 22.9 Å².